The highest BCUT2D eigenvalue weighted by Crippen LogP contribution is 2.27. The highest BCUT2D eigenvalue weighted by atomic mass is 35.5. The number of aromatic nitrogens is 1. The molecule has 5 nitrogen and oxygen atoms in total. The molecule has 0 bridgehead atoms. The van der Waals surface area contributed by atoms with E-state index in [1.807, 2.05) is 25.1 Å². The van der Waals surface area contributed by atoms with Crippen LogP contribution in [0.3, 0.4) is 0 Å². The molecule has 1 saturated carbocycles. The first-order valence-corrected chi connectivity index (χ1v) is 7.23. The van der Waals surface area contributed by atoms with Gasteiger partial charge in [0.2, 0.25) is 11.8 Å². The molecule has 1 aromatic carbocycles. The lowest BCUT2D eigenvalue weighted by atomic mass is 10.1. The van der Waals surface area contributed by atoms with Gasteiger partial charge in [-0.05, 0) is 49.9 Å². The van der Waals surface area contributed by atoms with Gasteiger partial charge in [0.15, 0.2) is 0 Å². The smallest absolute Gasteiger partial charge is 0.238 e. The molecule has 1 heterocycles. The first kappa shape index (κ1) is 16.5. The highest BCUT2D eigenvalue weighted by Gasteiger charge is 2.20. The van der Waals surface area contributed by atoms with Gasteiger partial charge in [-0.1, -0.05) is 6.07 Å². The second-order valence-corrected chi connectivity index (χ2v) is 5.49. The van der Waals surface area contributed by atoms with Crippen LogP contribution in [0.1, 0.15) is 18.4 Å². The minimum absolute atomic E-state index is 0. The van der Waals surface area contributed by atoms with Crippen molar-refractivity contribution in [2.75, 3.05) is 18.4 Å². The van der Waals surface area contributed by atoms with E-state index in [4.69, 9.17) is 4.42 Å². The number of aryl methyl sites for hydroxylation is 1. The van der Waals surface area contributed by atoms with E-state index in [1.165, 1.54) is 12.8 Å². The predicted octanol–water partition coefficient (Wildman–Crippen LogP) is 3.01. The summed E-state index contributed by atoms with van der Waals surface area (Å²) in [5.74, 6) is 1.31. The maximum Gasteiger partial charge on any atom is 0.238 e. The minimum Gasteiger partial charge on any atom is -0.445 e. The summed E-state index contributed by atoms with van der Waals surface area (Å²) in [6.07, 6.45) is 5.72. The van der Waals surface area contributed by atoms with Gasteiger partial charge in [-0.15, -0.1) is 12.4 Å². The summed E-state index contributed by atoms with van der Waals surface area (Å²) in [4.78, 5) is 16.0. The van der Waals surface area contributed by atoms with Gasteiger partial charge in [0.25, 0.3) is 0 Å². The SMILES string of the molecule is Cc1ccc(NC(=O)CNCC2CC2)cc1-c1ncco1.Cl. The number of nitrogens with one attached hydrogen (secondary N) is 2. The van der Waals surface area contributed by atoms with E-state index in [2.05, 4.69) is 15.6 Å². The fraction of sp³-hybridized carbons (Fsp3) is 0.375. The van der Waals surface area contributed by atoms with Crippen molar-refractivity contribution < 1.29 is 9.21 Å². The Morgan fingerprint density at radius 3 is 2.91 bits per heavy atom. The molecule has 1 aromatic heterocycles. The number of carbonyl (C=O) groups excluding carboxylic acids is 1. The van der Waals surface area contributed by atoms with Crippen LogP contribution in [0.4, 0.5) is 5.69 Å². The fourth-order valence-electron chi connectivity index (χ4n) is 2.20. The Morgan fingerprint density at radius 1 is 1.41 bits per heavy atom. The summed E-state index contributed by atoms with van der Waals surface area (Å²) < 4.78 is 5.32. The zero-order valence-corrected chi connectivity index (χ0v) is 13.3. The summed E-state index contributed by atoms with van der Waals surface area (Å²) in [7, 11) is 0. The third-order valence-electron chi connectivity index (χ3n) is 3.60. The lowest BCUT2D eigenvalue weighted by Gasteiger charge is -2.09. The topological polar surface area (TPSA) is 67.2 Å². The van der Waals surface area contributed by atoms with Gasteiger partial charge in [-0.2, -0.15) is 0 Å². The molecular weight excluding hydrogens is 302 g/mol. The maximum atomic E-state index is 11.9. The van der Waals surface area contributed by atoms with Gasteiger partial charge < -0.3 is 15.1 Å². The quantitative estimate of drug-likeness (QED) is 0.858. The molecule has 1 aliphatic rings. The van der Waals surface area contributed by atoms with Crippen LogP contribution in [0.25, 0.3) is 11.5 Å². The third-order valence-corrected chi connectivity index (χ3v) is 3.60. The standard InChI is InChI=1S/C16H19N3O2.ClH/c1-11-2-5-13(8-14(11)16-18-6-7-21-16)19-15(20)10-17-9-12-3-4-12;/h2,5-8,12,17H,3-4,9-10H2,1H3,(H,19,20);1H. The number of carbonyl (C=O) groups is 1. The molecule has 3 rings (SSSR count). The Hall–Kier alpha value is -1.85. The summed E-state index contributed by atoms with van der Waals surface area (Å²) >= 11 is 0. The summed E-state index contributed by atoms with van der Waals surface area (Å²) in [5.41, 5.74) is 2.71. The second-order valence-electron chi connectivity index (χ2n) is 5.49. The molecule has 0 unspecified atom stereocenters. The molecule has 1 fully saturated rings. The van der Waals surface area contributed by atoms with E-state index < -0.39 is 0 Å². The van der Waals surface area contributed by atoms with E-state index in [9.17, 15) is 4.79 Å². The molecule has 0 radical (unpaired) electrons. The Kier molecular flexibility index (Phi) is 5.57. The number of oxazole rings is 1. The van der Waals surface area contributed by atoms with Crippen molar-refractivity contribution in [3.05, 3.63) is 36.2 Å². The number of amides is 1. The van der Waals surface area contributed by atoms with Crippen LogP contribution in [0, 0.1) is 12.8 Å². The van der Waals surface area contributed by atoms with Gasteiger partial charge in [-0.25, -0.2) is 4.98 Å². The van der Waals surface area contributed by atoms with E-state index in [0.717, 1.165) is 29.3 Å². The van der Waals surface area contributed by atoms with Crippen molar-refractivity contribution >= 4 is 24.0 Å². The molecule has 2 N–H and O–H groups in total. The largest absolute Gasteiger partial charge is 0.445 e. The maximum absolute atomic E-state index is 11.9. The number of hydrogen-bond donors (Lipinski definition) is 2. The van der Waals surface area contributed by atoms with Crippen LogP contribution in [0.15, 0.2) is 35.1 Å². The molecule has 0 atom stereocenters. The number of anilines is 1. The molecular formula is C16H20ClN3O2. The Balaban J connectivity index is 0.00000176. The molecule has 1 aliphatic carbocycles. The average molecular weight is 322 g/mol. The number of benzene rings is 1. The van der Waals surface area contributed by atoms with Crippen molar-refractivity contribution in [2.45, 2.75) is 19.8 Å². The zero-order valence-electron chi connectivity index (χ0n) is 12.5. The molecule has 0 spiro atoms. The van der Waals surface area contributed by atoms with Crippen LogP contribution in [0.5, 0.6) is 0 Å². The normalized spacial score (nSPS) is 13.5. The monoisotopic (exact) mass is 321 g/mol. The van der Waals surface area contributed by atoms with Gasteiger partial charge in [-0.3, -0.25) is 4.79 Å². The summed E-state index contributed by atoms with van der Waals surface area (Å²) in [6.45, 7) is 3.27. The molecule has 0 aliphatic heterocycles. The summed E-state index contributed by atoms with van der Waals surface area (Å²) in [6, 6.07) is 5.73. The van der Waals surface area contributed by atoms with Crippen molar-refractivity contribution in [1.29, 1.82) is 0 Å². The van der Waals surface area contributed by atoms with Crippen molar-refractivity contribution in [3.8, 4) is 11.5 Å². The number of rotatable bonds is 6. The zero-order chi connectivity index (χ0) is 14.7. The number of nitrogens with zero attached hydrogens (tertiary/aromatic N) is 1. The molecule has 118 valence electrons. The van der Waals surface area contributed by atoms with Crippen molar-refractivity contribution in [3.63, 3.8) is 0 Å². The predicted molar refractivity (Wildman–Crippen MR) is 88.1 cm³/mol. The van der Waals surface area contributed by atoms with Crippen LogP contribution in [-0.2, 0) is 4.79 Å². The second kappa shape index (κ2) is 7.42. The van der Waals surface area contributed by atoms with E-state index >= 15 is 0 Å². The Labute approximate surface area is 135 Å². The summed E-state index contributed by atoms with van der Waals surface area (Å²) in [5, 5.41) is 6.07. The Bertz CT molecular complexity index is 624. The van der Waals surface area contributed by atoms with Crippen LogP contribution in [-0.4, -0.2) is 24.0 Å². The van der Waals surface area contributed by atoms with Crippen LogP contribution in [0.2, 0.25) is 0 Å². The van der Waals surface area contributed by atoms with Crippen LogP contribution >= 0.6 is 12.4 Å². The molecule has 22 heavy (non-hydrogen) atoms. The first-order valence-electron chi connectivity index (χ1n) is 7.23. The number of hydrogen-bond acceptors (Lipinski definition) is 4. The van der Waals surface area contributed by atoms with Crippen molar-refractivity contribution in [1.82, 2.24) is 10.3 Å². The number of halogens is 1. The van der Waals surface area contributed by atoms with Crippen LogP contribution < -0.4 is 10.6 Å². The van der Waals surface area contributed by atoms with E-state index in [1.54, 1.807) is 12.5 Å². The highest BCUT2D eigenvalue weighted by molar-refractivity contribution is 5.92. The molecule has 1 amide bonds. The molecule has 0 saturated heterocycles. The van der Waals surface area contributed by atoms with Gasteiger partial charge in [0.1, 0.15) is 6.26 Å². The van der Waals surface area contributed by atoms with Gasteiger partial charge in [0.05, 0.1) is 12.7 Å². The van der Waals surface area contributed by atoms with E-state index in [-0.39, 0.29) is 18.3 Å². The van der Waals surface area contributed by atoms with E-state index in [0.29, 0.717) is 12.4 Å². The Morgan fingerprint density at radius 2 is 2.23 bits per heavy atom. The average Bonchev–Trinajstić information content (AvgIpc) is 3.13. The fourth-order valence-corrected chi connectivity index (χ4v) is 2.20. The first-order chi connectivity index (χ1) is 10.2. The minimum atomic E-state index is -0.0298. The third kappa shape index (κ3) is 4.32. The van der Waals surface area contributed by atoms with Gasteiger partial charge in [0, 0.05) is 11.3 Å². The molecule has 2 aromatic rings. The molecule has 6 heteroatoms. The van der Waals surface area contributed by atoms with Gasteiger partial charge >= 0.3 is 0 Å². The lowest BCUT2D eigenvalue weighted by Crippen LogP contribution is -2.29. The lowest BCUT2D eigenvalue weighted by molar-refractivity contribution is -0.115. The van der Waals surface area contributed by atoms with Crippen molar-refractivity contribution in [2.24, 2.45) is 5.92 Å².